The zero-order valence-corrected chi connectivity index (χ0v) is 5.32. The molecule has 10 heavy (non-hydrogen) atoms. The molecule has 0 radical (unpaired) electrons. The highest BCUT2D eigenvalue weighted by molar-refractivity contribution is 4.95. The van der Waals surface area contributed by atoms with Crippen LogP contribution >= 0.6 is 0 Å². The average Bonchev–Trinajstić information content (AvgIpc) is 2.03. The van der Waals surface area contributed by atoms with Crippen LogP contribution in [0.15, 0.2) is 18.5 Å². The number of hydrogen-bond donors (Lipinski definition) is 0. The molecule has 0 spiro atoms. The molecule has 0 N–H and O–H groups in total. The Bertz CT molecular complexity index is 227. The Morgan fingerprint density at radius 1 is 1.50 bits per heavy atom. The quantitative estimate of drug-likeness (QED) is 0.552. The van der Waals surface area contributed by atoms with Crippen molar-refractivity contribution in [3.05, 3.63) is 18.5 Å². The van der Waals surface area contributed by atoms with Crippen molar-refractivity contribution in [3.63, 3.8) is 0 Å². The van der Waals surface area contributed by atoms with E-state index in [0.717, 1.165) is 0 Å². The van der Waals surface area contributed by atoms with Gasteiger partial charge in [-0.3, -0.25) is 0 Å². The summed E-state index contributed by atoms with van der Waals surface area (Å²) in [4.78, 5) is 7.57. The van der Waals surface area contributed by atoms with Crippen molar-refractivity contribution < 1.29 is 4.74 Å². The fraction of sp³-hybridized carbons (Fsp3) is 0.143. The molecule has 3 heteroatoms. The number of aromatic nitrogens is 2. The van der Waals surface area contributed by atoms with Crippen molar-refractivity contribution in [2.75, 3.05) is 6.61 Å². The Kier molecular flexibility index (Phi) is 2.27. The van der Waals surface area contributed by atoms with Gasteiger partial charge in [0.2, 0.25) is 0 Å². The number of terminal acetylenes is 1. The first kappa shape index (κ1) is 6.56. The van der Waals surface area contributed by atoms with Gasteiger partial charge < -0.3 is 4.74 Å². The van der Waals surface area contributed by atoms with E-state index in [4.69, 9.17) is 11.2 Å². The minimum atomic E-state index is 0.212. The Labute approximate surface area is 59.1 Å². The molecular weight excluding hydrogens is 128 g/mol. The summed E-state index contributed by atoms with van der Waals surface area (Å²) in [6, 6.07) is 2.03. The van der Waals surface area contributed by atoms with Gasteiger partial charge in [-0.2, -0.15) is 0 Å². The molecule has 1 rings (SSSR count). The highest BCUT2D eigenvalue weighted by atomic mass is 16.5. The van der Waals surface area contributed by atoms with Crippen LogP contribution in [-0.4, -0.2) is 16.6 Å². The van der Waals surface area contributed by atoms with Crippen LogP contribution in [0.3, 0.4) is 0 Å². The molecular formula is C7H6N2O. The average molecular weight is 134 g/mol. The highest BCUT2D eigenvalue weighted by Crippen LogP contribution is 1.95. The summed E-state index contributed by atoms with van der Waals surface area (Å²) in [5, 5.41) is 0. The third kappa shape index (κ3) is 1.75. The molecule has 1 heterocycles. The molecule has 0 fully saturated rings. The van der Waals surface area contributed by atoms with Gasteiger partial charge in [0.25, 0.3) is 0 Å². The van der Waals surface area contributed by atoms with E-state index in [-0.39, 0.29) is 6.61 Å². The summed E-state index contributed by atoms with van der Waals surface area (Å²) in [5.41, 5.74) is 0. The third-order valence-corrected chi connectivity index (χ3v) is 0.827. The summed E-state index contributed by atoms with van der Waals surface area (Å²) < 4.78 is 4.90. The summed E-state index contributed by atoms with van der Waals surface area (Å²) in [6.07, 6.45) is 8.14. The van der Waals surface area contributed by atoms with E-state index in [9.17, 15) is 0 Å². The lowest BCUT2D eigenvalue weighted by atomic mass is 10.7. The third-order valence-electron chi connectivity index (χ3n) is 0.827. The molecule has 0 amide bonds. The molecule has 0 saturated heterocycles. The molecule has 0 aromatic carbocycles. The molecule has 0 aliphatic rings. The van der Waals surface area contributed by atoms with Crippen LogP contribution in [-0.2, 0) is 0 Å². The lowest BCUT2D eigenvalue weighted by Gasteiger charge is -1.95. The molecule has 0 bridgehead atoms. The summed E-state index contributed by atoms with van der Waals surface area (Å²) >= 11 is 0. The Morgan fingerprint density at radius 2 is 2.20 bits per heavy atom. The van der Waals surface area contributed by atoms with Gasteiger partial charge in [-0.1, -0.05) is 5.92 Å². The summed E-state index contributed by atoms with van der Waals surface area (Å²) in [5.74, 6) is 2.31. The van der Waals surface area contributed by atoms with Gasteiger partial charge in [0, 0.05) is 12.4 Å². The molecule has 1 aromatic rings. The maximum absolute atomic E-state index is 4.95. The lowest BCUT2D eigenvalue weighted by Crippen LogP contribution is -1.96. The number of ether oxygens (including phenoxy) is 1. The molecule has 0 aliphatic carbocycles. The van der Waals surface area contributed by atoms with Crippen LogP contribution in [0.5, 0.6) is 6.01 Å². The fourth-order valence-corrected chi connectivity index (χ4v) is 0.466. The van der Waals surface area contributed by atoms with E-state index in [1.54, 1.807) is 18.5 Å². The second kappa shape index (κ2) is 3.46. The zero-order chi connectivity index (χ0) is 7.23. The predicted molar refractivity (Wildman–Crippen MR) is 36.4 cm³/mol. The molecule has 50 valence electrons. The van der Waals surface area contributed by atoms with Crippen LogP contribution in [0.1, 0.15) is 0 Å². The van der Waals surface area contributed by atoms with E-state index in [1.807, 2.05) is 0 Å². The fourth-order valence-electron chi connectivity index (χ4n) is 0.466. The van der Waals surface area contributed by atoms with Gasteiger partial charge in [-0.15, -0.1) is 6.42 Å². The minimum Gasteiger partial charge on any atom is -0.450 e. The van der Waals surface area contributed by atoms with Gasteiger partial charge >= 0.3 is 6.01 Å². The van der Waals surface area contributed by atoms with Crippen molar-refractivity contribution >= 4 is 0 Å². The summed E-state index contributed by atoms with van der Waals surface area (Å²) in [6.45, 7) is 0.212. The first-order valence-electron chi connectivity index (χ1n) is 2.77. The minimum absolute atomic E-state index is 0.212. The standard InChI is InChI=1S/C7H6N2O/c1-2-6-10-7-8-4-3-5-9-7/h1,3-5H,6H2. The van der Waals surface area contributed by atoms with E-state index < -0.39 is 0 Å². The van der Waals surface area contributed by atoms with Gasteiger partial charge in [0.05, 0.1) is 0 Å². The Balaban J connectivity index is 2.52. The van der Waals surface area contributed by atoms with Crippen LogP contribution in [0, 0.1) is 12.3 Å². The van der Waals surface area contributed by atoms with Gasteiger partial charge in [0.1, 0.15) is 0 Å². The second-order valence-corrected chi connectivity index (χ2v) is 1.52. The monoisotopic (exact) mass is 134 g/mol. The molecule has 3 nitrogen and oxygen atoms in total. The van der Waals surface area contributed by atoms with Crippen LogP contribution in [0.25, 0.3) is 0 Å². The number of nitrogens with zero attached hydrogens (tertiary/aromatic N) is 2. The van der Waals surface area contributed by atoms with E-state index >= 15 is 0 Å². The van der Waals surface area contributed by atoms with E-state index in [1.165, 1.54) is 0 Å². The van der Waals surface area contributed by atoms with Crippen LogP contribution in [0.2, 0.25) is 0 Å². The van der Waals surface area contributed by atoms with Crippen molar-refractivity contribution in [3.8, 4) is 18.4 Å². The predicted octanol–water partition coefficient (Wildman–Crippen LogP) is 0.489. The van der Waals surface area contributed by atoms with Crippen LogP contribution in [0.4, 0.5) is 0 Å². The maximum atomic E-state index is 4.95. The number of rotatable bonds is 2. The first-order valence-corrected chi connectivity index (χ1v) is 2.77. The topological polar surface area (TPSA) is 35.0 Å². The van der Waals surface area contributed by atoms with Gasteiger partial charge in [-0.05, 0) is 6.07 Å². The molecule has 0 aliphatic heterocycles. The van der Waals surface area contributed by atoms with Crippen molar-refractivity contribution in [1.82, 2.24) is 9.97 Å². The molecule has 0 atom stereocenters. The van der Waals surface area contributed by atoms with E-state index in [0.29, 0.717) is 6.01 Å². The molecule has 1 aromatic heterocycles. The molecule has 0 saturated carbocycles. The van der Waals surface area contributed by atoms with E-state index in [2.05, 4.69) is 15.9 Å². The molecule has 0 unspecified atom stereocenters. The second-order valence-electron chi connectivity index (χ2n) is 1.52. The van der Waals surface area contributed by atoms with Gasteiger partial charge in [0.15, 0.2) is 6.61 Å². The normalized spacial score (nSPS) is 8.30. The first-order chi connectivity index (χ1) is 4.93. The smallest absolute Gasteiger partial charge is 0.317 e. The van der Waals surface area contributed by atoms with Crippen molar-refractivity contribution in [2.24, 2.45) is 0 Å². The Hall–Kier alpha value is -1.56. The van der Waals surface area contributed by atoms with Crippen LogP contribution < -0.4 is 4.74 Å². The maximum Gasteiger partial charge on any atom is 0.317 e. The summed E-state index contributed by atoms with van der Waals surface area (Å²) in [7, 11) is 0. The number of hydrogen-bond acceptors (Lipinski definition) is 3. The van der Waals surface area contributed by atoms with Gasteiger partial charge in [-0.25, -0.2) is 9.97 Å². The SMILES string of the molecule is C#CCOc1ncccn1. The van der Waals surface area contributed by atoms with Crippen molar-refractivity contribution in [2.45, 2.75) is 0 Å². The van der Waals surface area contributed by atoms with Crippen molar-refractivity contribution in [1.29, 1.82) is 0 Å². The lowest BCUT2D eigenvalue weighted by molar-refractivity contribution is 0.339. The Morgan fingerprint density at radius 3 is 2.80 bits per heavy atom. The zero-order valence-electron chi connectivity index (χ0n) is 5.32. The highest BCUT2D eigenvalue weighted by Gasteiger charge is 1.89. The largest absolute Gasteiger partial charge is 0.450 e.